The average molecular weight is 274 g/mol. The highest BCUT2D eigenvalue weighted by Gasteiger charge is 2.16. The van der Waals surface area contributed by atoms with E-state index in [9.17, 15) is 4.79 Å². The zero-order valence-electron chi connectivity index (χ0n) is 12.6. The highest BCUT2D eigenvalue weighted by molar-refractivity contribution is 5.78. The molecule has 0 aliphatic rings. The molecule has 0 spiro atoms. The maximum Gasteiger partial charge on any atom is 0.305 e. The predicted molar refractivity (Wildman–Crippen MR) is 80.2 cm³/mol. The van der Waals surface area contributed by atoms with E-state index in [4.69, 9.17) is 10.1 Å². The number of nitrogens with zero attached hydrogens (tertiary/aromatic N) is 2. The number of hydrogen-bond donors (Lipinski definition) is 1. The molecule has 0 saturated carbocycles. The third-order valence-corrected chi connectivity index (χ3v) is 4.00. The summed E-state index contributed by atoms with van der Waals surface area (Å²) in [7, 11) is 0. The van der Waals surface area contributed by atoms with Crippen molar-refractivity contribution in [1.82, 2.24) is 9.55 Å². The van der Waals surface area contributed by atoms with Crippen LogP contribution in [-0.4, -0.2) is 20.6 Å². The second-order valence-corrected chi connectivity index (χ2v) is 5.50. The minimum Gasteiger partial charge on any atom is -0.481 e. The van der Waals surface area contributed by atoms with E-state index in [1.807, 2.05) is 0 Å². The van der Waals surface area contributed by atoms with Gasteiger partial charge in [-0.2, -0.15) is 0 Å². The Labute approximate surface area is 119 Å². The number of aryl methyl sites for hydroxylation is 3. The van der Waals surface area contributed by atoms with Crippen molar-refractivity contribution in [2.75, 3.05) is 0 Å². The number of rotatable bonds is 5. The number of hydrogen-bond acceptors (Lipinski definition) is 2. The third-order valence-electron chi connectivity index (χ3n) is 4.00. The maximum absolute atomic E-state index is 10.9. The van der Waals surface area contributed by atoms with Crippen molar-refractivity contribution in [3.05, 3.63) is 29.1 Å². The zero-order chi connectivity index (χ0) is 14.9. The predicted octanol–water partition coefficient (Wildman–Crippen LogP) is 3.64. The Morgan fingerprint density at radius 3 is 2.60 bits per heavy atom. The Kier molecular flexibility index (Phi) is 4.12. The van der Waals surface area contributed by atoms with Crippen LogP contribution in [0.2, 0.25) is 0 Å². The van der Waals surface area contributed by atoms with Crippen LogP contribution in [0.3, 0.4) is 0 Å². The molecule has 20 heavy (non-hydrogen) atoms. The van der Waals surface area contributed by atoms with E-state index in [1.165, 1.54) is 11.1 Å². The largest absolute Gasteiger partial charge is 0.481 e. The molecule has 4 nitrogen and oxygen atoms in total. The Morgan fingerprint density at radius 2 is 2.00 bits per heavy atom. The number of aliphatic carboxylic acids is 1. The van der Waals surface area contributed by atoms with Gasteiger partial charge in [-0.1, -0.05) is 13.8 Å². The molecule has 0 amide bonds. The van der Waals surface area contributed by atoms with Gasteiger partial charge in [0, 0.05) is 12.5 Å². The molecule has 108 valence electrons. The Bertz CT molecular complexity index is 643. The highest BCUT2D eigenvalue weighted by Crippen LogP contribution is 2.26. The van der Waals surface area contributed by atoms with E-state index in [-0.39, 0.29) is 6.42 Å². The number of imidazole rings is 1. The van der Waals surface area contributed by atoms with Gasteiger partial charge in [0.1, 0.15) is 5.82 Å². The van der Waals surface area contributed by atoms with Gasteiger partial charge in [-0.15, -0.1) is 0 Å². The van der Waals surface area contributed by atoms with E-state index in [0.717, 1.165) is 23.3 Å². The van der Waals surface area contributed by atoms with Crippen LogP contribution in [0.4, 0.5) is 0 Å². The Balaban J connectivity index is 2.58. The first-order valence-electron chi connectivity index (χ1n) is 7.13. The lowest BCUT2D eigenvalue weighted by molar-refractivity contribution is -0.137. The van der Waals surface area contributed by atoms with E-state index in [2.05, 4.69) is 44.4 Å². The first-order valence-corrected chi connectivity index (χ1v) is 7.13. The van der Waals surface area contributed by atoms with E-state index < -0.39 is 5.97 Å². The van der Waals surface area contributed by atoms with E-state index in [0.29, 0.717) is 12.5 Å². The van der Waals surface area contributed by atoms with Crippen LogP contribution in [0, 0.1) is 13.8 Å². The monoisotopic (exact) mass is 274 g/mol. The first-order chi connectivity index (χ1) is 9.43. The van der Waals surface area contributed by atoms with Crippen molar-refractivity contribution in [1.29, 1.82) is 0 Å². The molecule has 0 aliphatic heterocycles. The summed E-state index contributed by atoms with van der Waals surface area (Å²) in [5, 5.41) is 8.94. The first kappa shape index (κ1) is 14.6. The van der Waals surface area contributed by atoms with Crippen molar-refractivity contribution in [3.63, 3.8) is 0 Å². The van der Waals surface area contributed by atoms with Crippen molar-refractivity contribution in [2.24, 2.45) is 0 Å². The SMILES string of the molecule is CCC(C)c1nc2cc(C)c(C)cc2n1CCC(=O)O. The van der Waals surface area contributed by atoms with Gasteiger partial charge >= 0.3 is 5.97 Å². The molecular formula is C16H22N2O2. The summed E-state index contributed by atoms with van der Waals surface area (Å²) in [6.07, 6.45) is 1.12. The third kappa shape index (κ3) is 2.69. The fourth-order valence-corrected chi connectivity index (χ4v) is 2.40. The van der Waals surface area contributed by atoms with Crippen molar-refractivity contribution < 1.29 is 9.90 Å². The molecule has 0 radical (unpaired) electrons. The lowest BCUT2D eigenvalue weighted by Crippen LogP contribution is -2.10. The molecule has 2 rings (SSSR count). The number of carboxylic acid groups (broad SMARTS) is 1. The van der Waals surface area contributed by atoms with Gasteiger partial charge in [0.25, 0.3) is 0 Å². The van der Waals surface area contributed by atoms with E-state index in [1.54, 1.807) is 0 Å². The molecule has 1 atom stereocenters. The molecule has 0 saturated heterocycles. The van der Waals surface area contributed by atoms with Crippen LogP contribution >= 0.6 is 0 Å². The molecule has 1 aromatic heterocycles. The van der Waals surface area contributed by atoms with Crippen LogP contribution in [0.25, 0.3) is 11.0 Å². The van der Waals surface area contributed by atoms with Gasteiger partial charge in [-0.05, 0) is 43.5 Å². The topological polar surface area (TPSA) is 55.1 Å². The van der Waals surface area contributed by atoms with Gasteiger partial charge in [0.15, 0.2) is 0 Å². The standard InChI is InChI=1S/C16H22N2O2/c1-5-10(2)16-17-13-8-11(3)12(4)9-14(13)18(16)7-6-15(19)20/h8-10H,5-7H2,1-4H3,(H,19,20). The van der Waals surface area contributed by atoms with Gasteiger partial charge < -0.3 is 9.67 Å². The fraction of sp³-hybridized carbons (Fsp3) is 0.500. The lowest BCUT2D eigenvalue weighted by atomic mass is 10.1. The van der Waals surface area contributed by atoms with Gasteiger partial charge in [0.05, 0.1) is 17.5 Å². The summed E-state index contributed by atoms with van der Waals surface area (Å²) >= 11 is 0. The van der Waals surface area contributed by atoms with E-state index >= 15 is 0 Å². The summed E-state index contributed by atoms with van der Waals surface area (Å²) in [4.78, 5) is 15.6. The molecule has 0 fully saturated rings. The van der Waals surface area contributed by atoms with Crippen molar-refractivity contribution in [3.8, 4) is 0 Å². The number of benzene rings is 1. The second-order valence-electron chi connectivity index (χ2n) is 5.50. The van der Waals surface area contributed by atoms with Crippen LogP contribution in [0.15, 0.2) is 12.1 Å². The summed E-state index contributed by atoms with van der Waals surface area (Å²) in [5.41, 5.74) is 4.44. The van der Waals surface area contributed by atoms with Crippen LogP contribution in [0.5, 0.6) is 0 Å². The molecule has 1 unspecified atom stereocenters. The number of carboxylic acids is 1. The van der Waals surface area contributed by atoms with Crippen LogP contribution in [0.1, 0.15) is 49.6 Å². The van der Waals surface area contributed by atoms with Crippen LogP contribution < -0.4 is 0 Å². The average Bonchev–Trinajstić information content (AvgIpc) is 2.74. The van der Waals surface area contributed by atoms with Gasteiger partial charge in [-0.25, -0.2) is 4.98 Å². The molecule has 1 heterocycles. The van der Waals surface area contributed by atoms with Crippen molar-refractivity contribution >= 4 is 17.0 Å². The van der Waals surface area contributed by atoms with Crippen LogP contribution in [-0.2, 0) is 11.3 Å². The normalized spacial score (nSPS) is 12.8. The number of aromatic nitrogens is 2. The molecule has 0 aliphatic carbocycles. The Hall–Kier alpha value is -1.84. The van der Waals surface area contributed by atoms with Gasteiger partial charge in [0.2, 0.25) is 0 Å². The molecule has 0 bridgehead atoms. The lowest BCUT2D eigenvalue weighted by Gasteiger charge is -2.12. The molecule has 4 heteroatoms. The van der Waals surface area contributed by atoms with Gasteiger partial charge in [-0.3, -0.25) is 4.79 Å². The minimum absolute atomic E-state index is 0.127. The quantitative estimate of drug-likeness (QED) is 0.905. The highest BCUT2D eigenvalue weighted by atomic mass is 16.4. The second kappa shape index (κ2) is 5.65. The summed E-state index contributed by atoms with van der Waals surface area (Å²) in [6.45, 7) is 8.90. The number of carbonyl (C=O) groups is 1. The summed E-state index contributed by atoms with van der Waals surface area (Å²) in [6, 6.07) is 4.21. The smallest absolute Gasteiger partial charge is 0.305 e. The summed E-state index contributed by atoms with van der Waals surface area (Å²) in [5.74, 6) is 0.552. The Morgan fingerprint density at radius 1 is 1.35 bits per heavy atom. The molecule has 1 aromatic carbocycles. The fourth-order valence-electron chi connectivity index (χ4n) is 2.40. The minimum atomic E-state index is -0.772. The molecular weight excluding hydrogens is 252 g/mol. The zero-order valence-corrected chi connectivity index (χ0v) is 12.6. The number of fused-ring (bicyclic) bond motifs is 1. The van der Waals surface area contributed by atoms with Crippen molar-refractivity contribution in [2.45, 2.75) is 53.0 Å². The maximum atomic E-state index is 10.9. The molecule has 2 aromatic rings. The molecule has 1 N–H and O–H groups in total. The summed E-state index contributed by atoms with van der Waals surface area (Å²) < 4.78 is 2.07.